The Kier molecular flexibility index (Phi) is 5.37. The maximum absolute atomic E-state index is 4.80. The third-order valence-corrected chi connectivity index (χ3v) is 4.09. The van der Waals surface area contributed by atoms with Gasteiger partial charge in [0.2, 0.25) is 0 Å². The lowest BCUT2D eigenvalue weighted by Crippen LogP contribution is -2.41. The first kappa shape index (κ1) is 16.7. The maximum Gasteiger partial charge on any atom is 0.137 e. The summed E-state index contributed by atoms with van der Waals surface area (Å²) in [5, 5.41) is 3.36. The third kappa shape index (κ3) is 3.41. The molecule has 114 valence electrons. The number of hydrogen-bond donors (Lipinski definition) is 1. The van der Waals surface area contributed by atoms with Crippen molar-refractivity contribution in [1.29, 1.82) is 0 Å². The lowest BCUT2D eigenvalue weighted by Gasteiger charge is -2.37. The number of nitrogens with zero attached hydrogens (tertiary/aromatic N) is 3. The molecule has 0 radical (unpaired) electrons. The normalized spacial score (nSPS) is 11.8. The van der Waals surface area contributed by atoms with Crippen LogP contribution in [0.4, 0.5) is 11.6 Å². The molecule has 0 bridgehead atoms. The van der Waals surface area contributed by atoms with E-state index in [-0.39, 0.29) is 5.54 Å². The molecule has 0 atom stereocenters. The Morgan fingerprint density at radius 2 is 1.80 bits per heavy atom. The summed E-state index contributed by atoms with van der Waals surface area (Å²) in [7, 11) is 2.12. The van der Waals surface area contributed by atoms with Crippen molar-refractivity contribution in [2.45, 2.75) is 66.3 Å². The second-order valence-corrected chi connectivity index (χ2v) is 6.29. The standard InChI is InChI=1S/C16H30N4/c1-9-16(6,7)20(8)15-12(5)14(17-10-2)18-13(19-15)11(3)4/h11H,9-10H2,1-8H3,(H,17,18,19). The molecule has 0 saturated heterocycles. The van der Waals surface area contributed by atoms with Crippen molar-refractivity contribution in [2.24, 2.45) is 0 Å². The summed E-state index contributed by atoms with van der Waals surface area (Å²) in [5.74, 6) is 3.22. The Hall–Kier alpha value is -1.32. The van der Waals surface area contributed by atoms with Gasteiger partial charge < -0.3 is 10.2 Å². The molecule has 4 heteroatoms. The summed E-state index contributed by atoms with van der Waals surface area (Å²) in [6, 6.07) is 0. The Labute approximate surface area is 124 Å². The fraction of sp³-hybridized carbons (Fsp3) is 0.750. The minimum atomic E-state index is 0.0802. The van der Waals surface area contributed by atoms with Crippen LogP contribution in [0, 0.1) is 6.92 Å². The molecule has 0 saturated carbocycles. The van der Waals surface area contributed by atoms with E-state index in [4.69, 9.17) is 4.98 Å². The molecule has 1 aromatic heterocycles. The second kappa shape index (κ2) is 6.42. The van der Waals surface area contributed by atoms with Crippen molar-refractivity contribution >= 4 is 11.6 Å². The highest BCUT2D eigenvalue weighted by atomic mass is 15.2. The average molecular weight is 278 g/mol. The highest BCUT2D eigenvalue weighted by Crippen LogP contribution is 2.30. The van der Waals surface area contributed by atoms with Gasteiger partial charge in [0, 0.05) is 30.6 Å². The van der Waals surface area contributed by atoms with E-state index in [1.165, 1.54) is 0 Å². The summed E-state index contributed by atoms with van der Waals surface area (Å²) < 4.78 is 0. The summed E-state index contributed by atoms with van der Waals surface area (Å²) in [5.41, 5.74) is 1.21. The summed E-state index contributed by atoms with van der Waals surface area (Å²) in [6.07, 6.45) is 1.07. The van der Waals surface area contributed by atoms with Crippen molar-refractivity contribution < 1.29 is 0 Å². The molecule has 4 nitrogen and oxygen atoms in total. The minimum Gasteiger partial charge on any atom is -0.370 e. The van der Waals surface area contributed by atoms with E-state index < -0.39 is 0 Å². The fourth-order valence-corrected chi connectivity index (χ4v) is 1.97. The van der Waals surface area contributed by atoms with Crippen LogP contribution in [0.25, 0.3) is 0 Å². The molecule has 0 fully saturated rings. The van der Waals surface area contributed by atoms with E-state index in [1.54, 1.807) is 0 Å². The Bertz CT molecular complexity index is 452. The molecular weight excluding hydrogens is 248 g/mol. The predicted octanol–water partition coefficient (Wildman–Crippen LogP) is 3.97. The van der Waals surface area contributed by atoms with Gasteiger partial charge in [-0.2, -0.15) is 0 Å². The Morgan fingerprint density at radius 3 is 2.25 bits per heavy atom. The second-order valence-electron chi connectivity index (χ2n) is 6.29. The van der Waals surface area contributed by atoms with Crippen molar-refractivity contribution in [3.63, 3.8) is 0 Å². The van der Waals surface area contributed by atoms with Gasteiger partial charge in [0.05, 0.1) is 0 Å². The first-order chi connectivity index (χ1) is 9.24. The molecule has 0 aromatic carbocycles. The summed E-state index contributed by atoms with van der Waals surface area (Å²) >= 11 is 0. The van der Waals surface area contributed by atoms with Gasteiger partial charge in [-0.25, -0.2) is 9.97 Å². The zero-order chi connectivity index (χ0) is 15.5. The molecule has 0 amide bonds. The van der Waals surface area contributed by atoms with E-state index in [0.717, 1.165) is 36.0 Å². The molecule has 0 aliphatic carbocycles. The zero-order valence-corrected chi connectivity index (χ0v) is 14.3. The van der Waals surface area contributed by atoms with Gasteiger partial charge in [0.1, 0.15) is 17.5 Å². The zero-order valence-electron chi connectivity index (χ0n) is 14.3. The molecule has 1 rings (SSSR count). The monoisotopic (exact) mass is 278 g/mol. The Balaban J connectivity index is 3.37. The highest BCUT2D eigenvalue weighted by Gasteiger charge is 2.25. The smallest absolute Gasteiger partial charge is 0.137 e. The van der Waals surface area contributed by atoms with Crippen LogP contribution in [0.2, 0.25) is 0 Å². The van der Waals surface area contributed by atoms with Gasteiger partial charge in [-0.1, -0.05) is 20.8 Å². The number of anilines is 2. The summed E-state index contributed by atoms with van der Waals surface area (Å²) in [6.45, 7) is 16.0. The van der Waals surface area contributed by atoms with E-state index in [2.05, 4.69) is 70.7 Å². The van der Waals surface area contributed by atoms with Gasteiger partial charge in [-0.3, -0.25) is 0 Å². The van der Waals surface area contributed by atoms with Gasteiger partial charge in [0.15, 0.2) is 0 Å². The van der Waals surface area contributed by atoms with Crippen LogP contribution in [0.5, 0.6) is 0 Å². The van der Waals surface area contributed by atoms with E-state index >= 15 is 0 Å². The van der Waals surface area contributed by atoms with Gasteiger partial charge >= 0.3 is 0 Å². The largest absolute Gasteiger partial charge is 0.370 e. The average Bonchev–Trinajstić information content (AvgIpc) is 2.40. The van der Waals surface area contributed by atoms with E-state index in [9.17, 15) is 0 Å². The third-order valence-electron chi connectivity index (χ3n) is 4.09. The predicted molar refractivity (Wildman–Crippen MR) is 87.8 cm³/mol. The lowest BCUT2D eigenvalue weighted by atomic mass is 9.99. The van der Waals surface area contributed by atoms with Crippen molar-refractivity contribution in [2.75, 3.05) is 23.8 Å². The van der Waals surface area contributed by atoms with E-state index in [0.29, 0.717) is 5.92 Å². The van der Waals surface area contributed by atoms with Gasteiger partial charge in [-0.05, 0) is 34.1 Å². The van der Waals surface area contributed by atoms with Gasteiger partial charge in [-0.15, -0.1) is 0 Å². The summed E-state index contributed by atoms with van der Waals surface area (Å²) in [4.78, 5) is 11.7. The molecule has 0 aliphatic heterocycles. The van der Waals surface area contributed by atoms with Crippen LogP contribution in [0.3, 0.4) is 0 Å². The first-order valence-electron chi connectivity index (χ1n) is 7.60. The van der Waals surface area contributed by atoms with Crippen LogP contribution in [-0.2, 0) is 0 Å². The number of aromatic nitrogens is 2. The molecule has 1 N–H and O–H groups in total. The quantitative estimate of drug-likeness (QED) is 0.855. The lowest BCUT2D eigenvalue weighted by molar-refractivity contribution is 0.465. The highest BCUT2D eigenvalue weighted by molar-refractivity contribution is 5.59. The van der Waals surface area contributed by atoms with Crippen molar-refractivity contribution in [3.8, 4) is 0 Å². The minimum absolute atomic E-state index is 0.0802. The molecular formula is C16H30N4. The Morgan fingerprint density at radius 1 is 1.20 bits per heavy atom. The molecule has 0 spiro atoms. The topological polar surface area (TPSA) is 41.1 Å². The van der Waals surface area contributed by atoms with Crippen LogP contribution in [-0.4, -0.2) is 29.1 Å². The fourth-order valence-electron chi connectivity index (χ4n) is 1.97. The molecule has 0 unspecified atom stereocenters. The molecule has 0 aliphatic rings. The molecule has 1 heterocycles. The SMILES string of the molecule is CCNc1nc(C(C)C)nc(N(C)C(C)(C)CC)c1C. The van der Waals surface area contributed by atoms with Crippen LogP contribution < -0.4 is 10.2 Å². The van der Waals surface area contributed by atoms with Gasteiger partial charge in [0.25, 0.3) is 0 Å². The van der Waals surface area contributed by atoms with Crippen LogP contribution >= 0.6 is 0 Å². The maximum atomic E-state index is 4.80. The van der Waals surface area contributed by atoms with Crippen LogP contribution in [0.1, 0.15) is 65.3 Å². The van der Waals surface area contributed by atoms with Crippen molar-refractivity contribution in [1.82, 2.24) is 9.97 Å². The van der Waals surface area contributed by atoms with Crippen LogP contribution in [0.15, 0.2) is 0 Å². The van der Waals surface area contributed by atoms with E-state index in [1.807, 2.05) is 0 Å². The number of rotatable bonds is 6. The molecule has 20 heavy (non-hydrogen) atoms. The number of hydrogen-bond acceptors (Lipinski definition) is 4. The first-order valence-corrected chi connectivity index (χ1v) is 7.60. The van der Waals surface area contributed by atoms with Crippen molar-refractivity contribution in [3.05, 3.63) is 11.4 Å². The molecule has 1 aromatic rings. The number of nitrogens with one attached hydrogen (secondary N) is 1.